The Kier molecular flexibility index (Phi) is 3.87. The first-order valence-electron chi connectivity index (χ1n) is 7.18. The summed E-state index contributed by atoms with van der Waals surface area (Å²) < 4.78 is 1.42. The van der Waals surface area contributed by atoms with Gasteiger partial charge in [-0.25, -0.2) is 0 Å². The highest BCUT2D eigenvalue weighted by molar-refractivity contribution is 7.17. The molecule has 2 aromatic rings. The Hall–Kier alpha value is -0.900. The third kappa shape index (κ3) is 2.42. The number of nitrogens with zero attached hydrogens (tertiary/aromatic N) is 1. The molecule has 1 fully saturated rings. The summed E-state index contributed by atoms with van der Waals surface area (Å²) >= 11 is 1.88. The molecule has 0 amide bonds. The van der Waals surface area contributed by atoms with Gasteiger partial charge < -0.3 is 5.32 Å². The number of hydrogen-bond acceptors (Lipinski definition) is 3. The van der Waals surface area contributed by atoms with Crippen LogP contribution in [0.15, 0.2) is 29.6 Å². The molecule has 2 heterocycles. The topological polar surface area (TPSA) is 15.3 Å². The normalized spacial score (nSPS) is 24.3. The summed E-state index contributed by atoms with van der Waals surface area (Å²) in [5, 5.41) is 7.35. The van der Waals surface area contributed by atoms with E-state index in [1.807, 2.05) is 11.3 Å². The van der Waals surface area contributed by atoms with Gasteiger partial charge in [-0.15, -0.1) is 11.3 Å². The number of likely N-dealkylation sites (tertiary alicyclic amines) is 1. The van der Waals surface area contributed by atoms with E-state index in [2.05, 4.69) is 53.8 Å². The van der Waals surface area contributed by atoms with Crippen molar-refractivity contribution in [3.63, 3.8) is 0 Å². The molecule has 0 aliphatic carbocycles. The molecule has 1 aromatic carbocycles. The Bertz CT molecular complexity index is 548. The van der Waals surface area contributed by atoms with Gasteiger partial charge in [0.25, 0.3) is 0 Å². The molecule has 2 nitrogen and oxygen atoms in total. The van der Waals surface area contributed by atoms with Crippen LogP contribution in [-0.2, 0) is 0 Å². The minimum atomic E-state index is 0.579. The molecule has 102 valence electrons. The van der Waals surface area contributed by atoms with Crippen molar-refractivity contribution in [3.05, 3.63) is 35.2 Å². The van der Waals surface area contributed by atoms with Gasteiger partial charge in [-0.05, 0) is 61.4 Å². The number of thiophene rings is 1. The van der Waals surface area contributed by atoms with Crippen molar-refractivity contribution >= 4 is 21.4 Å². The minimum absolute atomic E-state index is 0.579. The molecule has 1 N–H and O–H groups in total. The maximum Gasteiger partial charge on any atom is 0.0400 e. The maximum atomic E-state index is 3.53. The van der Waals surface area contributed by atoms with E-state index >= 15 is 0 Å². The molecule has 1 aromatic heterocycles. The molecule has 1 aliphatic heterocycles. The van der Waals surface area contributed by atoms with Crippen molar-refractivity contribution in [1.82, 2.24) is 10.2 Å². The first kappa shape index (κ1) is 13.1. The van der Waals surface area contributed by atoms with Gasteiger partial charge in [0.15, 0.2) is 0 Å². The molecule has 0 radical (unpaired) electrons. The zero-order chi connectivity index (χ0) is 13.2. The zero-order valence-electron chi connectivity index (χ0n) is 11.7. The van der Waals surface area contributed by atoms with Crippen LogP contribution in [-0.4, -0.2) is 31.6 Å². The molecule has 2 atom stereocenters. The van der Waals surface area contributed by atoms with Gasteiger partial charge in [0.1, 0.15) is 0 Å². The van der Waals surface area contributed by atoms with Crippen LogP contribution >= 0.6 is 11.3 Å². The second kappa shape index (κ2) is 5.61. The fraction of sp³-hybridized carbons (Fsp3) is 0.500. The molecule has 0 saturated carbocycles. The number of fused-ring (bicyclic) bond motifs is 1. The Morgan fingerprint density at radius 3 is 3.05 bits per heavy atom. The Balaban J connectivity index is 1.94. The summed E-state index contributed by atoms with van der Waals surface area (Å²) in [6.45, 7) is 5.60. The highest BCUT2D eigenvalue weighted by Crippen LogP contribution is 2.41. The van der Waals surface area contributed by atoms with E-state index < -0.39 is 0 Å². The maximum absolute atomic E-state index is 3.53. The van der Waals surface area contributed by atoms with Crippen LogP contribution < -0.4 is 5.32 Å². The van der Waals surface area contributed by atoms with Crippen molar-refractivity contribution in [2.45, 2.75) is 19.4 Å². The average molecular weight is 274 g/mol. The molecule has 3 rings (SSSR count). The van der Waals surface area contributed by atoms with Gasteiger partial charge in [-0.1, -0.05) is 25.1 Å². The van der Waals surface area contributed by atoms with Gasteiger partial charge >= 0.3 is 0 Å². The summed E-state index contributed by atoms with van der Waals surface area (Å²) in [6, 6.07) is 9.38. The van der Waals surface area contributed by atoms with E-state index in [9.17, 15) is 0 Å². The van der Waals surface area contributed by atoms with Gasteiger partial charge in [0, 0.05) is 10.7 Å². The van der Waals surface area contributed by atoms with Crippen LogP contribution in [0.5, 0.6) is 0 Å². The summed E-state index contributed by atoms with van der Waals surface area (Å²) in [6.07, 6.45) is 1.30. The first-order chi connectivity index (χ1) is 9.31. The van der Waals surface area contributed by atoms with Gasteiger partial charge in [-0.3, -0.25) is 4.90 Å². The quantitative estimate of drug-likeness (QED) is 0.918. The number of hydrogen-bond donors (Lipinski definition) is 1. The van der Waals surface area contributed by atoms with Gasteiger partial charge in [-0.2, -0.15) is 0 Å². The average Bonchev–Trinajstić information content (AvgIpc) is 3.00. The lowest BCUT2D eigenvalue weighted by Crippen LogP contribution is -2.28. The molecule has 1 aliphatic rings. The number of nitrogens with one attached hydrogen (secondary N) is 1. The molecule has 2 unspecified atom stereocenters. The third-order valence-electron chi connectivity index (χ3n) is 4.26. The third-order valence-corrected chi connectivity index (χ3v) is 5.24. The van der Waals surface area contributed by atoms with Crippen LogP contribution in [0, 0.1) is 5.92 Å². The number of rotatable bonds is 4. The van der Waals surface area contributed by atoms with Crippen molar-refractivity contribution in [2.24, 2.45) is 5.92 Å². The lowest BCUT2D eigenvalue weighted by atomic mass is 9.93. The fourth-order valence-electron chi connectivity index (χ4n) is 3.29. The van der Waals surface area contributed by atoms with Crippen LogP contribution in [0.4, 0.5) is 0 Å². The molecular weight excluding hydrogens is 252 g/mol. The largest absolute Gasteiger partial charge is 0.317 e. The summed E-state index contributed by atoms with van der Waals surface area (Å²) in [4.78, 5) is 2.52. The zero-order valence-corrected chi connectivity index (χ0v) is 12.5. The summed E-state index contributed by atoms with van der Waals surface area (Å²) in [7, 11) is 2.27. The lowest BCUT2D eigenvalue weighted by molar-refractivity contribution is 0.275. The van der Waals surface area contributed by atoms with Crippen molar-refractivity contribution in [2.75, 3.05) is 26.7 Å². The fourth-order valence-corrected chi connectivity index (χ4v) is 4.28. The monoisotopic (exact) mass is 274 g/mol. The van der Waals surface area contributed by atoms with Crippen LogP contribution in [0.25, 0.3) is 10.1 Å². The summed E-state index contributed by atoms with van der Waals surface area (Å²) in [5.74, 6) is 0.739. The van der Waals surface area contributed by atoms with E-state index in [-0.39, 0.29) is 0 Å². The Morgan fingerprint density at radius 1 is 1.37 bits per heavy atom. The second-order valence-electron chi connectivity index (χ2n) is 5.47. The van der Waals surface area contributed by atoms with Crippen LogP contribution in [0.2, 0.25) is 0 Å². The Morgan fingerprint density at radius 2 is 2.21 bits per heavy atom. The Labute approximate surface area is 119 Å². The van der Waals surface area contributed by atoms with E-state index in [4.69, 9.17) is 0 Å². The van der Waals surface area contributed by atoms with Gasteiger partial charge in [0.2, 0.25) is 0 Å². The molecule has 3 heteroatoms. The number of benzene rings is 1. The molecule has 0 spiro atoms. The van der Waals surface area contributed by atoms with E-state index in [0.29, 0.717) is 6.04 Å². The SMILES string of the molecule is CCNCC1CCN(C)C1c1csc2ccccc12. The molecular formula is C16H22N2S. The lowest BCUT2D eigenvalue weighted by Gasteiger charge is -2.25. The van der Waals surface area contributed by atoms with E-state index in [1.54, 1.807) is 0 Å². The predicted octanol–water partition coefficient (Wildman–Crippen LogP) is 3.50. The second-order valence-corrected chi connectivity index (χ2v) is 6.38. The van der Waals surface area contributed by atoms with Crippen molar-refractivity contribution < 1.29 is 0 Å². The van der Waals surface area contributed by atoms with E-state index in [1.165, 1.54) is 28.6 Å². The van der Waals surface area contributed by atoms with Crippen LogP contribution in [0.3, 0.4) is 0 Å². The smallest absolute Gasteiger partial charge is 0.0400 e. The molecule has 1 saturated heterocycles. The predicted molar refractivity (Wildman–Crippen MR) is 83.8 cm³/mol. The standard InChI is InChI=1S/C16H22N2S/c1-3-17-10-12-8-9-18(2)16(12)14-11-19-15-7-5-4-6-13(14)15/h4-7,11-12,16-17H,3,8-10H2,1-2H3. The minimum Gasteiger partial charge on any atom is -0.317 e. The first-order valence-corrected chi connectivity index (χ1v) is 8.06. The molecule has 19 heavy (non-hydrogen) atoms. The van der Waals surface area contributed by atoms with Crippen molar-refractivity contribution in [3.8, 4) is 0 Å². The summed E-state index contributed by atoms with van der Waals surface area (Å²) in [5.41, 5.74) is 1.53. The van der Waals surface area contributed by atoms with Crippen molar-refractivity contribution in [1.29, 1.82) is 0 Å². The van der Waals surface area contributed by atoms with E-state index in [0.717, 1.165) is 19.0 Å². The molecule has 0 bridgehead atoms. The highest BCUT2D eigenvalue weighted by Gasteiger charge is 2.33. The highest BCUT2D eigenvalue weighted by atomic mass is 32.1. The van der Waals surface area contributed by atoms with Crippen LogP contribution in [0.1, 0.15) is 24.9 Å². The van der Waals surface area contributed by atoms with Gasteiger partial charge in [0.05, 0.1) is 0 Å².